The van der Waals surface area contributed by atoms with Gasteiger partial charge in [0.15, 0.2) is 6.61 Å². The van der Waals surface area contributed by atoms with Crippen molar-refractivity contribution in [2.45, 2.75) is 6.92 Å². The van der Waals surface area contributed by atoms with E-state index < -0.39 is 11.8 Å². The fourth-order valence-corrected chi connectivity index (χ4v) is 2.93. The van der Waals surface area contributed by atoms with Crippen LogP contribution in [-0.4, -0.2) is 44.8 Å². The van der Waals surface area contributed by atoms with Crippen molar-refractivity contribution in [2.75, 3.05) is 31.5 Å². The fraction of sp³-hybridized carbons (Fsp3) is 0.154. The first-order chi connectivity index (χ1) is 17.4. The lowest BCUT2D eigenvalue weighted by Crippen LogP contribution is -2.32. The van der Waals surface area contributed by atoms with Gasteiger partial charge in [0.1, 0.15) is 17.2 Å². The number of aryl methyl sites for hydroxylation is 1. The molecule has 0 aliphatic carbocycles. The maximum absolute atomic E-state index is 12.1. The molecule has 3 rings (SSSR count). The Kier molecular flexibility index (Phi) is 8.99. The number of hydrogen-bond donors (Lipinski definition) is 3. The molecular formula is C26H26N4O6. The average Bonchev–Trinajstić information content (AvgIpc) is 2.89. The van der Waals surface area contributed by atoms with Crippen LogP contribution in [0.4, 0.5) is 11.4 Å². The van der Waals surface area contributed by atoms with E-state index in [0.717, 1.165) is 5.56 Å². The summed E-state index contributed by atoms with van der Waals surface area (Å²) >= 11 is 0. The zero-order valence-corrected chi connectivity index (χ0v) is 20.0. The third kappa shape index (κ3) is 7.59. The summed E-state index contributed by atoms with van der Waals surface area (Å²) in [6.07, 6.45) is 1.37. The van der Waals surface area contributed by atoms with E-state index in [1.54, 1.807) is 42.5 Å². The Labute approximate surface area is 208 Å². The standard InChI is InChI=1S/C26H26N4O6/c1-17-4-8-19(9-5-17)28-24(31)16-36-20-10-6-18(7-11-20)15-27-30-26(33)25(32)29-22-13-12-21(34-2)14-23(22)35-3/h4-15H,16H2,1-3H3,(H,28,31)(H,29,32)(H,30,33)/b27-15-. The molecule has 0 radical (unpaired) electrons. The lowest BCUT2D eigenvalue weighted by Gasteiger charge is -2.10. The Morgan fingerprint density at radius 2 is 1.53 bits per heavy atom. The number of ether oxygens (including phenoxy) is 3. The van der Waals surface area contributed by atoms with Gasteiger partial charge < -0.3 is 24.8 Å². The van der Waals surface area contributed by atoms with E-state index in [4.69, 9.17) is 14.2 Å². The van der Waals surface area contributed by atoms with Gasteiger partial charge >= 0.3 is 11.8 Å². The molecule has 0 aromatic heterocycles. The lowest BCUT2D eigenvalue weighted by molar-refractivity contribution is -0.136. The number of amides is 3. The van der Waals surface area contributed by atoms with Gasteiger partial charge in [-0.05, 0) is 61.0 Å². The molecule has 0 saturated carbocycles. The second kappa shape index (κ2) is 12.6. The Bertz CT molecular complexity index is 1240. The Hall–Kier alpha value is -4.86. The number of benzene rings is 3. The maximum Gasteiger partial charge on any atom is 0.329 e. The topological polar surface area (TPSA) is 127 Å². The van der Waals surface area contributed by atoms with Gasteiger partial charge in [0.25, 0.3) is 5.91 Å². The van der Waals surface area contributed by atoms with Crippen LogP contribution in [0.1, 0.15) is 11.1 Å². The van der Waals surface area contributed by atoms with Gasteiger partial charge in [-0.2, -0.15) is 5.10 Å². The van der Waals surface area contributed by atoms with Crippen LogP contribution in [0.15, 0.2) is 71.8 Å². The number of hydrogen-bond acceptors (Lipinski definition) is 7. The van der Waals surface area contributed by atoms with Crippen molar-refractivity contribution < 1.29 is 28.6 Å². The monoisotopic (exact) mass is 490 g/mol. The minimum absolute atomic E-state index is 0.147. The number of rotatable bonds is 9. The van der Waals surface area contributed by atoms with Gasteiger partial charge in [-0.25, -0.2) is 5.43 Å². The largest absolute Gasteiger partial charge is 0.497 e. The van der Waals surface area contributed by atoms with E-state index in [0.29, 0.717) is 34.2 Å². The zero-order chi connectivity index (χ0) is 25.9. The van der Waals surface area contributed by atoms with Crippen molar-refractivity contribution in [1.29, 1.82) is 0 Å². The second-order valence-electron chi connectivity index (χ2n) is 7.49. The highest BCUT2D eigenvalue weighted by atomic mass is 16.5. The molecule has 0 aliphatic heterocycles. The van der Waals surface area contributed by atoms with E-state index in [1.165, 1.54) is 20.4 Å². The molecule has 0 atom stereocenters. The summed E-state index contributed by atoms with van der Waals surface area (Å²) in [6, 6.07) is 18.9. The molecular weight excluding hydrogens is 464 g/mol. The zero-order valence-electron chi connectivity index (χ0n) is 20.0. The highest BCUT2D eigenvalue weighted by molar-refractivity contribution is 6.39. The summed E-state index contributed by atoms with van der Waals surface area (Å²) in [7, 11) is 2.94. The molecule has 10 heteroatoms. The minimum atomic E-state index is -0.955. The van der Waals surface area contributed by atoms with Gasteiger partial charge in [0, 0.05) is 11.8 Å². The van der Waals surface area contributed by atoms with E-state index in [9.17, 15) is 14.4 Å². The number of anilines is 2. The first kappa shape index (κ1) is 25.8. The predicted molar refractivity (Wildman–Crippen MR) is 136 cm³/mol. The van der Waals surface area contributed by atoms with E-state index in [1.807, 2.05) is 31.2 Å². The third-order valence-corrected chi connectivity index (χ3v) is 4.83. The average molecular weight is 491 g/mol. The van der Waals surface area contributed by atoms with Crippen molar-refractivity contribution >= 4 is 35.3 Å². The number of carbonyl (C=O) groups excluding carboxylic acids is 3. The number of methoxy groups -OCH3 is 2. The summed E-state index contributed by atoms with van der Waals surface area (Å²) in [5.41, 5.74) is 4.91. The van der Waals surface area contributed by atoms with Crippen molar-refractivity contribution in [3.05, 3.63) is 77.9 Å². The molecule has 10 nitrogen and oxygen atoms in total. The Balaban J connectivity index is 1.45. The summed E-state index contributed by atoms with van der Waals surface area (Å²) < 4.78 is 15.8. The first-order valence-electron chi connectivity index (χ1n) is 10.8. The van der Waals surface area contributed by atoms with E-state index >= 15 is 0 Å². The Morgan fingerprint density at radius 1 is 0.833 bits per heavy atom. The van der Waals surface area contributed by atoms with Crippen LogP contribution in [0.2, 0.25) is 0 Å². The number of hydrazone groups is 1. The molecule has 186 valence electrons. The molecule has 0 unspecified atom stereocenters. The molecule has 0 fully saturated rings. The quantitative estimate of drug-likeness (QED) is 0.240. The van der Waals surface area contributed by atoms with Crippen LogP contribution >= 0.6 is 0 Å². The normalized spacial score (nSPS) is 10.4. The Morgan fingerprint density at radius 3 is 2.19 bits per heavy atom. The minimum Gasteiger partial charge on any atom is -0.497 e. The van der Waals surface area contributed by atoms with Crippen molar-refractivity contribution in [3.8, 4) is 17.2 Å². The van der Waals surface area contributed by atoms with Gasteiger partial charge in [-0.1, -0.05) is 17.7 Å². The van der Waals surface area contributed by atoms with Crippen molar-refractivity contribution in [1.82, 2.24) is 5.43 Å². The smallest absolute Gasteiger partial charge is 0.329 e. The van der Waals surface area contributed by atoms with Crippen LogP contribution in [0.5, 0.6) is 17.2 Å². The summed E-state index contributed by atoms with van der Waals surface area (Å²) in [4.78, 5) is 36.2. The first-order valence-corrected chi connectivity index (χ1v) is 10.8. The van der Waals surface area contributed by atoms with Gasteiger partial charge in [-0.3, -0.25) is 14.4 Å². The molecule has 0 spiro atoms. The number of nitrogens with zero attached hydrogens (tertiary/aromatic N) is 1. The molecule has 3 amide bonds. The van der Waals surface area contributed by atoms with Crippen LogP contribution < -0.4 is 30.3 Å². The molecule has 36 heavy (non-hydrogen) atoms. The van der Waals surface area contributed by atoms with Gasteiger partial charge in [-0.15, -0.1) is 0 Å². The summed E-state index contributed by atoms with van der Waals surface area (Å²) in [5, 5.41) is 9.00. The maximum atomic E-state index is 12.1. The molecule has 3 N–H and O–H groups in total. The van der Waals surface area contributed by atoms with Gasteiger partial charge in [0.2, 0.25) is 0 Å². The highest BCUT2D eigenvalue weighted by Crippen LogP contribution is 2.28. The molecule has 0 heterocycles. The molecule has 3 aromatic carbocycles. The van der Waals surface area contributed by atoms with Crippen molar-refractivity contribution in [3.63, 3.8) is 0 Å². The third-order valence-electron chi connectivity index (χ3n) is 4.83. The predicted octanol–water partition coefficient (Wildman–Crippen LogP) is 3.12. The van der Waals surface area contributed by atoms with Crippen LogP contribution in [0, 0.1) is 6.92 Å². The van der Waals surface area contributed by atoms with Crippen LogP contribution in [0.25, 0.3) is 0 Å². The molecule has 3 aromatic rings. The van der Waals surface area contributed by atoms with Gasteiger partial charge in [0.05, 0.1) is 26.1 Å². The van der Waals surface area contributed by atoms with E-state index in [2.05, 4.69) is 21.2 Å². The molecule has 0 aliphatic rings. The summed E-state index contributed by atoms with van der Waals surface area (Å²) in [5.74, 6) is -0.775. The fourth-order valence-electron chi connectivity index (χ4n) is 2.93. The van der Waals surface area contributed by atoms with Crippen molar-refractivity contribution in [2.24, 2.45) is 5.10 Å². The lowest BCUT2D eigenvalue weighted by atomic mass is 10.2. The van der Waals surface area contributed by atoms with Crippen LogP contribution in [0.3, 0.4) is 0 Å². The summed E-state index contributed by atoms with van der Waals surface area (Å²) in [6.45, 7) is 1.82. The molecule has 0 bridgehead atoms. The SMILES string of the molecule is COc1ccc(NC(=O)C(=O)N/N=C\c2ccc(OCC(=O)Nc3ccc(C)cc3)cc2)c(OC)c1. The second-order valence-corrected chi connectivity index (χ2v) is 7.49. The van der Waals surface area contributed by atoms with E-state index in [-0.39, 0.29) is 12.5 Å². The number of carbonyl (C=O) groups is 3. The van der Waals surface area contributed by atoms with Crippen LogP contribution in [-0.2, 0) is 14.4 Å². The number of nitrogens with one attached hydrogen (secondary N) is 3. The highest BCUT2D eigenvalue weighted by Gasteiger charge is 2.15. The molecule has 0 saturated heterocycles.